The van der Waals surface area contributed by atoms with Crippen molar-refractivity contribution in [1.82, 2.24) is 0 Å². The Hall–Kier alpha value is -0.0500. The largest absolute Gasteiger partial charge is 0.480 e. The van der Waals surface area contributed by atoms with E-state index in [1.54, 1.807) is 0 Å². The second-order valence-electron chi connectivity index (χ2n) is 2.13. The van der Waals surface area contributed by atoms with Gasteiger partial charge in [-0.15, -0.1) is 0 Å². The maximum absolute atomic E-state index is 10.3. The average Bonchev–Trinajstić information content (AvgIpc) is 1.84. The van der Waals surface area contributed by atoms with Gasteiger partial charge in [-0.1, -0.05) is 36.2 Å². The minimum absolute atomic E-state index is 0.211. The molecule has 0 saturated heterocycles. The molecule has 0 aromatic rings. The molecule has 0 aliphatic carbocycles. The van der Waals surface area contributed by atoms with Crippen LogP contribution in [0.3, 0.4) is 0 Å². The van der Waals surface area contributed by atoms with Crippen molar-refractivity contribution >= 4 is 21.9 Å². The first-order chi connectivity index (χ1) is 4.09. The normalized spacial score (nSPS) is 16.8. The van der Waals surface area contributed by atoms with Crippen molar-refractivity contribution < 1.29 is 9.90 Å². The van der Waals surface area contributed by atoms with Crippen molar-refractivity contribution in [3.8, 4) is 0 Å². The third-order valence-corrected chi connectivity index (χ3v) is 2.67. The number of hydrogen-bond acceptors (Lipinski definition) is 1. The van der Waals surface area contributed by atoms with E-state index in [4.69, 9.17) is 5.11 Å². The highest BCUT2D eigenvalue weighted by Crippen LogP contribution is 2.15. The quantitative estimate of drug-likeness (QED) is 0.698. The Morgan fingerprint density at radius 2 is 2.22 bits per heavy atom. The fraction of sp³-hybridized carbons (Fsp3) is 0.833. The Morgan fingerprint density at radius 1 is 1.78 bits per heavy atom. The van der Waals surface area contributed by atoms with Gasteiger partial charge in [0.05, 0.1) is 0 Å². The molecule has 0 fully saturated rings. The van der Waals surface area contributed by atoms with Crippen LogP contribution in [0.1, 0.15) is 20.3 Å². The van der Waals surface area contributed by atoms with Crippen LogP contribution < -0.4 is 0 Å². The number of carbonyl (C=O) groups is 1. The van der Waals surface area contributed by atoms with Crippen LogP contribution in [0.5, 0.6) is 0 Å². The third kappa shape index (κ3) is 2.84. The predicted molar refractivity (Wildman–Crippen MR) is 39.8 cm³/mol. The molecule has 0 heterocycles. The van der Waals surface area contributed by atoms with Crippen LogP contribution in [0.15, 0.2) is 0 Å². The van der Waals surface area contributed by atoms with E-state index in [9.17, 15) is 4.79 Å². The molecule has 0 aromatic carbocycles. The van der Waals surface area contributed by atoms with Crippen LogP contribution in [0, 0.1) is 5.92 Å². The summed E-state index contributed by atoms with van der Waals surface area (Å²) < 4.78 is 0. The van der Waals surface area contributed by atoms with Gasteiger partial charge in [0.1, 0.15) is 4.83 Å². The van der Waals surface area contributed by atoms with E-state index in [1.165, 1.54) is 0 Å². The summed E-state index contributed by atoms with van der Waals surface area (Å²) >= 11 is 3.07. The van der Waals surface area contributed by atoms with E-state index in [1.807, 2.05) is 13.8 Å². The molecule has 54 valence electrons. The lowest BCUT2D eigenvalue weighted by Gasteiger charge is -2.10. The molecule has 0 spiro atoms. The summed E-state index contributed by atoms with van der Waals surface area (Å²) in [6, 6.07) is 0. The molecule has 0 aromatic heterocycles. The van der Waals surface area contributed by atoms with Crippen LogP contribution in [-0.4, -0.2) is 15.9 Å². The number of alkyl halides is 1. The molecule has 9 heavy (non-hydrogen) atoms. The molecule has 0 rings (SSSR count). The fourth-order valence-corrected chi connectivity index (χ4v) is 0.824. The summed E-state index contributed by atoms with van der Waals surface area (Å²) in [5.41, 5.74) is 0. The minimum atomic E-state index is -0.774. The first kappa shape index (κ1) is 8.95. The van der Waals surface area contributed by atoms with Crippen molar-refractivity contribution in [3.05, 3.63) is 0 Å². The zero-order chi connectivity index (χ0) is 7.44. The zero-order valence-electron chi connectivity index (χ0n) is 5.60. The number of rotatable bonds is 3. The maximum Gasteiger partial charge on any atom is 0.317 e. The Bertz CT molecular complexity index is 103. The van der Waals surface area contributed by atoms with Gasteiger partial charge in [-0.05, 0) is 5.92 Å². The summed E-state index contributed by atoms with van der Waals surface area (Å²) in [5, 5.41) is 8.44. The van der Waals surface area contributed by atoms with E-state index in [2.05, 4.69) is 15.9 Å². The van der Waals surface area contributed by atoms with Crippen LogP contribution >= 0.6 is 15.9 Å². The van der Waals surface area contributed by atoms with Gasteiger partial charge < -0.3 is 5.11 Å². The smallest absolute Gasteiger partial charge is 0.317 e. The summed E-state index contributed by atoms with van der Waals surface area (Å²) in [5.74, 6) is -0.563. The van der Waals surface area contributed by atoms with Crippen molar-refractivity contribution in [3.63, 3.8) is 0 Å². The Kier molecular flexibility index (Phi) is 3.86. The highest BCUT2D eigenvalue weighted by atomic mass is 79.9. The number of aliphatic carboxylic acids is 1. The van der Waals surface area contributed by atoms with Gasteiger partial charge in [0.2, 0.25) is 0 Å². The molecule has 2 nitrogen and oxygen atoms in total. The first-order valence-corrected chi connectivity index (χ1v) is 3.88. The second-order valence-corrected chi connectivity index (χ2v) is 3.11. The van der Waals surface area contributed by atoms with Crippen molar-refractivity contribution in [2.24, 2.45) is 5.92 Å². The summed E-state index contributed by atoms with van der Waals surface area (Å²) in [4.78, 5) is 9.87. The maximum atomic E-state index is 10.3. The molecule has 1 unspecified atom stereocenters. The summed E-state index contributed by atoms with van der Waals surface area (Å²) in [7, 11) is 0. The molecule has 0 radical (unpaired) electrons. The molecular weight excluding hydrogens is 184 g/mol. The van der Waals surface area contributed by atoms with Crippen LogP contribution in [0.2, 0.25) is 0 Å². The van der Waals surface area contributed by atoms with Gasteiger partial charge in [-0.2, -0.15) is 0 Å². The van der Waals surface area contributed by atoms with E-state index < -0.39 is 5.97 Å². The van der Waals surface area contributed by atoms with E-state index in [-0.39, 0.29) is 10.7 Å². The van der Waals surface area contributed by atoms with Gasteiger partial charge in [-0.25, -0.2) is 0 Å². The molecule has 0 aliphatic heterocycles. The summed E-state index contributed by atoms with van der Waals surface area (Å²) in [6.45, 7) is 3.88. The topological polar surface area (TPSA) is 37.3 Å². The van der Waals surface area contributed by atoms with Crippen molar-refractivity contribution in [2.75, 3.05) is 0 Å². The average molecular weight is 195 g/mol. The first-order valence-electron chi connectivity index (χ1n) is 2.96. The molecule has 3 heteroatoms. The number of carboxylic acids is 1. The Labute approximate surface area is 63.4 Å². The monoisotopic (exact) mass is 194 g/mol. The van der Waals surface area contributed by atoms with Gasteiger partial charge >= 0.3 is 5.97 Å². The van der Waals surface area contributed by atoms with Gasteiger partial charge in [0, 0.05) is 0 Å². The molecule has 0 bridgehead atoms. The lowest BCUT2D eigenvalue weighted by atomic mass is 10.1. The standard InChI is InChI=1S/C6H11BrO2/c1-3-4(2)5(7)6(8)9/h4-5H,3H2,1-2H3,(H,8,9)/t4?,5-/m0/s1. The van der Waals surface area contributed by atoms with E-state index in [0.29, 0.717) is 0 Å². The zero-order valence-corrected chi connectivity index (χ0v) is 7.18. The molecule has 1 N–H and O–H groups in total. The fourth-order valence-electron chi connectivity index (χ4n) is 0.450. The van der Waals surface area contributed by atoms with Crippen molar-refractivity contribution in [2.45, 2.75) is 25.1 Å². The Balaban J connectivity index is 3.72. The SMILES string of the molecule is CCC(C)[C@H](Br)C(=O)O. The van der Waals surface area contributed by atoms with E-state index >= 15 is 0 Å². The van der Waals surface area contributed by atoms with Crippen LogP contribution in [0.4, 0.5) is 0 Å². The van der Waals surface area contributed by atoms with Crippen molar-refractivity contribution in [1.29, 1.82) is 0 Å². The molecule has 0 aliphatic rings. The van der Waals surface area contributed by atoms with Gasteiger partial charge in [0.15, 0.2) is 0 Å². The minimum Gasteiger partial charge on any atom is -0.480 e. The lowest BCUT2D eigenvalue weighted by Crippen LogP contribution is -2.20. The number of carboxylic acid groups (broad SMARTS) is 1. The highest BCUT2D eigenvalue weighted by Gasteiger charge is 2.18. The number of halogens is 1. The molecule has 0 amide bonds. The van der Waals surface area contributed by atoms with Gasteiger partial charge in [-0.3, -0.25) is 4.79 Å². The molecule has 2 atom stereocenters. The molecule has 0 saturated carbocycles. The Morgan fingerprint density at radius 3 is 2.33 bits per heavy atom. The number of hydrogen-bond donors (Lipinski definition) is 1. The van der Waals surface area contributed by atoms with Crippen LogP contribution in [-0.2, 0) is 4.79 Å². The lowest BCUT2D eigenvalue weighted by molar-refractivity contribution is -0.137. The molecular formula is C6H11BrO2. The highest BCUT2D eigenvalue weighted by molar-refractivity contribution is 9.10. The van der Waals surface area contributed by atoms with Gasteiger partial charge in [0.25, 0.3) is 0 Å². The van der Waals surface area contributed by atoms with E-state index in [0.717, 1.165) is 6.42 Å². The predicted octanol–water partition coefficient (Wildman–Crippen LogP) is 1.88. The second kappa shape index (κ2) is 3.88. The summed E-state index contributed by atoms with van der Waals surface area (Å²) in [6.07, 6.45) is 0.891. The van der Waals surface area contributed by atoms with Crippen LogP contribution in [0.25, 0.3) is 0 Å². The third-order valence-electron chi connectivity index (χ3n) is 1.38.